The molecule has 0 aliphatic rings. The van der Waals surface area contributed by atoms with Crippen molar-refractivity contribution in [3.63, 3.8) is 0 Å². The van der Waals surface area contributed by atoms with Gasteiger partial charge in [0.15, 0.2) is 0 Å². The van der Waals surface area contributed by atoms with Gasteiger partial charge in [0, 0.05) is 30.4 Å². The van der Waals surface area contributed by atoms with Crippen molar-refractivity contribution in [1.29, 1.82) is 0 Å². The van der Waals surface area contributed by atoms with Crippen LogP contribution in [0.1, 0.15) is 6.92 Å². The summed E-state index contributed by atoms with van der Waals surface area (Å²) < 4.78 is 0. The fraction of sp³-hybridized carbons (Fsp3) is 0.308. The van der Waals surface area contributed by atoms with Gasteiger partial charge in [0.2, 0.25) is 5.13 Å². The Kier molecular flexibility index (Phi) is 5.00. The van der Waals surface area contributed by atoms with Gasteiger partial charge in [-0.15, -0.1) is 21.6 Å². The Bertz CT molecular complexity index is 510. The van der Waals surface area contributed by atoms with Crippen LogP contribution in [0.3, 0.4) is 0 Å². The predicted octanol–water partition coefficient (Wildman–Crippen LogP) is 3.38. The first-order valence-corrected chi connectivity index (χ1v) is 6.98. The lowest BCUT2D eigenvalue weighted by Gasteiger charge is -2.21. The molecule has 1 N–H and O–H groups in total. The molecule has 0 spiro atoms. The molecule has 5 nitrogen and oxygen atoms in total. The first kappa shape index (κ1) is 13.6. The van der Waals surface area contributed by atoms with E-state index in [-0.39, 0.29) is 6.61 Å². The molecule has 0 fully saturated rings. The van der Waals surface area contributed by atoms with Crippen molar-refractivity contribution < 1.29 is 5.11 Å². The molecule has 6 heteroatoms. The van der Waals surface area contributed by atoms with Gasteiger partial charge in [-0.25, -0.2) is 4.98 Å². The van der Waals surface area contributed by atoms with Crippen molar-refractivity contribution in [2.24, 2.45) is 10.2 Å². The Morgan fingerprint density at radius 3 is 2.63 bits per heavy atom. The van der Waals surface area contributed by atoms with Crippen molar-refractivity contribution in [1.82, 2.24) is 4.98 Å². The predicted molar refractivity (Wildman–Crippen MR) is 77.7 cm³/mol. The van der Waals surface area contributed by atoms with Gasteiger partial charge in [-0.3, -0.25) is 0 Å². The number of aromatic nitrogens is 1. The first-order chi connectivity index (χ1) is 9.33. The largest absolute Gasteiger partial charge is 0.395 e. The van der Waals surface area contributed by atoms with Crippen LogP contribution in [0.15, 0.2) is 46.1 Å². The molecule has 2 rings (SSSR count). The lowest BCUT2D eigenvalue weighted by atomic mass is 10.2. The summed E-state index contributed by atoms with van der Waals surface area (Å²) in [6.07, 6.45) is 1.70. The fourth-order valence-corrected chi connectivity index (χ4v) is 2.14. The van der Waals surface area contributed by atoms with Crippen LogP contribution in [0.2, 0.25) is 0 Å². The molecule has 0 saturated carbocycles. The summed E-state index contributed by atoms with van der Waals surface area (Å²) in [6, 6.07) is 7.78. The lowest BCUT2D eigenvalue weighted by Crippen LogP contribution is -2.25. The van der Waals surface area contributed by atoms with E-state index in [2.05, 4.69) is 27.0 Å². The number of benzene rings is 1. The maximum atomic E-state index is 8.99. The van der Waals surface area contributed by atoms with Gasteiger partial charge in [-0.1, -0.05) is 0 Å². The number of nitrogens with zero attached hydrogens (tertiary/aromatic N) is 4. The SMILES string of the molecule is CCN(CCO)c1ccc(N=Nc2nccs2)cc1. The van der Waals surface area contributed by atoms with Crippen LogP contribution < -0.4 is 4.90 Å². The molecular formula is C13H16N4OS. The van der Waals surface area contributed by atoms with Crippen LogP contribution >= 0.6 is 11.3 Å². The second-order valence-electron chi connectivity index (χ2n) is 3.83. The Hall–Kier alpha value is -1.79. The van der Waals surface area contributed by atoms with Gasteiger partial charge in [-0.2, -0.15) is 0 Å². The highest BCUT2D eigenvalue weighted by atomic mass is 32.1. The molecule has 0 unspecified atom stereocenters. The van der Waals surface area contributed by atoms with E-state index in [0.29, 0.717) is 11.7 Å². The van der Waals surface area contributed by atoms with E-state index in [1.54, 1.807) is 6.20 Å². The van der Waals surface area contributed by atoms with Crippen LogP contribution in [-0.4, -0.2) is 29.8 Å². The van der Waals surface area contributed by atoms with E-state index in [1.807, 2.05) is 29.6 Å². The van der Waals surface area contributed by atoms with Crippen LogP contribution in [0.25, 0.3) is 0 Å². The van der Waals surface area contributed by atoms with E-state index >= 15 is 0 Å². The third-order valence-corrected chi connectivity index (χ3v) is 3.29. The van der Waals surface area contributed by atoms with Crippen LogP contribution in [0.4, 0.5) is 16.5 Å². The first-order valence-electron chi connectivity index (χ1n) is 6.10. The molecule has 0 radical (unpaired) electrons. The molecular weight excluding hydrogens is 260 g/mol. The van der Waals surface area contributed by atoms with Gasteiger partial charge in [0.05, 0.1) is 12.3 Å². The summed E-state index contributed by atoms with van der Waals surface area (Å²) >= 11 is 1.45. The molecule has 1 aromatic carbocycles. The standard InChI is InChI=1S/C13H16N4OS/c1-2-17(8-9-18)12-5-3-11(4-6-12)15-16-13-14-7-10-19-13/h3-7,10,18H,2,8-9H2,1H3. The molecule has 0 aliphatic carbocycles. The summed E-state index contributed by atoms with van der Waals surface area (Å²) in [5.41, 5.74) is 1.86. The molecule has 2 aromatic rings. The zero-order chi connectivity index (χ0) is 13.5. The Labute approximate surface area is 116 Å². The molecule has 0 aliphatic heterocycles. The minimum Gasteiger partial charge on any atom is -0.395 e. The molecule has 1 heterocycles. The summed E-state index contributed by atoms with van der Waals surface area (Å²) in [5.74, 6) is 0. The summed E-state index contributed by atoms with van der Waals surface area (Å²) in [7, 11) is 0. The van der Waals surface area contributed by atoms with Gasteiger partial charge in [0.1, 0.15) is 0 Å². The zero-order valence-corrected chi connectivity index (χ0v) is 11.5. The summed E-state index contributed by atoms with van der Waals surface area (Å²) in [5, 5.41) is 19.7. The average molecular weight is 276 g/mol. The van der Waals surface area contributed by atoms with Gasteiger partial charge >= 0.3 is 0 Å². The molecule has 0 amide bonds. The van der Waals surface area contributed by atoms with E-state index in [9.17, 15) is 0 Å². The Morgan fingerprint density at radius 1 is 1.26 bits per heavy atom. The maximum Gasteiger partial charge on any atom is 0.229 e. The van der Waals surface area contributed by atoms with E-state index in [1.165, 1.54) is 11.3 Å². The van der Waals surface area contributed by atoms with Gasteiger partial charge in [-0.05, 0) is 31.2 Å². The molecule has 1 aromatic heterocycles. The van der Waals surface area contributed by atoms with Crippen molar-refractivity contribution in [3.8, 4) is 0 Å². The molecule has 100 valence electrons. The van der Waals surface area contributed by atoms with Gasteiger partial charge in [0.25, 0.3) is 0 Å². The number of hydrogen-bond donors (Lipinski definition) is 1. The normalized spacial score (nSPS) is 11.1. The number of anilines is 1. The average Bonchev–Trinajstić information content (AvgIpc) is 2.96. The minimum atomic E-state index is 0.152. The van der Waals surface area contributed by atoms with Crippen LogP contribution in [0, 0.1) is 0 Å². The third-order valence-electron chi connectivity index (χ3n) is 2.64. The smallest absolute Gasteiger partial charge is 0.229 e. The number of azo groups is 1. The quantitative estimate of drug-likeness (QED) is 0.823. The highest BCUT2D eigenvalue weighted by molar-refractivity contribution is 7.13. The van der Waals surface area contributed by atoms with E-state index in [4.69, 9.17) is 5.11 Å². The molecule has 0 saturated heterocycles. The Balaban J connectivity index is 2.05. The number of rotatable bonds is 6. The number of hydrogen-bond acceptors (Lipinski definition) is 6. The van der Waals surface area contributed by atoms with Crippen molar-refractivity contribution in [3.05, 3.63) is 35.8 Å². The van der Waals surface area contributed by atoms with Crippen LogP contribution in [0.5, 0.6) is 0 Å². The van der Waals surface area contributed by atoms with E-state index < -0.39 is 0 Å². The summed E-state index contributed by atoms with van der Waals surface area (Å²) in [4.78, 5) is 6.14. The fourth-order valence-electron chi connectivity index (χ4n) is 1.69. The molecule has 0 bridgehead atoms. The van der Waals surface area contributed by atoms with Gasteiger partial charge < -0.3 is 10.0 Å². The molecule has 0 atom stereocenters. The highest BCUT2D eigenvalue weighted by Crippen LogP contribution is 2.22. The number of aliphatic hydroxyl groups is 1. The maximum absolute atomic E-state index is 8.99. The van der Waals surface area contributed by atoms with Crippen molar-refractivity contribution in [2.45, 2.75) is 6.92 Å². The van der Waals surface area contributed by atoms with E-state index in [0.717, 1.165) is 17.9 Å². The Morgan fingerprint density at radius 2 is 2.05 bits per heavy atom. The summed E-state index contributed by atoms with van der Waals surface area (Å²) in [6.45, 7) is 3.71. The topological polar surface area (TPSA) is 61.1 Å². The second-order valence-corrected chi connectivity index (χ2v) is 4.71. The lowest BCUT2D eigenvalue weighted by molar-refractivity contribution is 0.302. The molecule has 19 heavy (non-hydrogen) atoms. The zero-order valence-electron chi connectivity index (χ0n) is 10.7. The third kappa shape index (κ3) is 3.84. The van der Waals surface area contributed by atoms with Crippen molar-refractivity contribution >= 4 is 27.8 Å². The second kappa shape index (κ2) is 6.96. The highest BCUT2D eigenvalue weighted by Gasteiger charge is 2.02. The van der Waals surface area contributed by atoms with Crippen LogP contribution in [-0.2, 0) is 0 Å². The number of aliphatic hydroxyl groups excluding tert-OH is 1. The number of likely N-dealkylation sites (N-methyl/N-ethyl adjacent to an activating group) is 1. The minimum absolute atomic E-state index is 0.152. The monoisotopic (exact) mass is 276 g/mol. The van der Waals surface area contributed by atoms with Crippen molar-refractivity contribution in [2.75, 3.05) is 24.6 Å². The number of thiazole rings is 1.